The maximum atomic E-state index is 13.0. The van der Waals surface area contributed by atoms with Crippen LogP contribution < -0.4 is 10.6 Å². The number of amides is 1. The van der Waals surface area contributed by atoms with E-state index in [9.17, 15) is 18.0 Å². The van der Waals surface area contributed by atoms with Crippen LogP contribution in [0.15, 0.2) is 60.9 Å². The van der Waals surface area contributed by atoms with E-state index >= 15 is 0 Å². The number of para-hydroxylation sites is 2. The second kappa shape index (κ2) is 7.63. The highest BCUT2D eigenvalue weighted by Gasteiger charge is 2.33. The van der Waals surface area contributed by atoms with Gasteiger partial charge in [0.15, 0.2) is 0 Å². The topological polar surface area (TPSA) is 66.9 Å². The molecule has 3 aromatic rings. The molecule has 1 amide bonds. The lowest BCUT2D eigenvalue weighted by Crippen LogP contribution is -2.14. The zero-order valence-corrected chi connectivity index (χ0v) is 14.3. The summed E-state index contributed by atoms with van der Waals surface area (Å²) >= 11 is 5.98. The minimum atomic E-state index is -4.52. The largest absolute Gasteiger partial charge is 0.418 e. The summed E-state index contributed by atoms with van der Waals surface area (Å²) in [4.78, 5) is 20.0. The van der Waals surface area contributed by atoms with Crippen LogP contribution in [0, 0.1) is 0 Å². The molecule has 5 nitrogen and oxygen atoms in total. The zero-order chi connectivity index (χ0) is 19.4. The molecule has 0 unspecified atom stereocenters. The molecule has 138 valence electrons. The van der Waals surface area contributed by atoms with Crippen LogP contribution in [0.1, 0.15) is 15.9 Å². The summed E-state index contributed by atoms with van der Waals surface area (Å²) in [5, 5.41) is 5.48. The van der Waals surface area contributed by atoms with Crippen LogP contribution in [-0.2, 0) is 6.18 Å². The first kappa shape index (κ1) is 18.7. The number of benzene rings is 2. The van der Waals surface area contributed by atoms with Gasteiger partial charge in [-0.15, -0.1) is 0 Å². The first-order valence-electron chi connectivity index (χ1n) is 7.66. The van der Waals surface area contributed by atoms with Gasteiger partial charge in [-0.1, -0.05) is 35.9 Å². The fourth-order valence-corrected chi connectivity index (χ4v) is 2.41. The van der Waals surface area contributed by atoms with Crippen LogP contribution in [0.2, 0.25) is 5.02 Å². The molecule has 0 radical (unpaired) electrons. The molecule has 9 heteroatoms. The molecule has 0 saturated carbocycles. The van der Waals surface area contributed by atoms with Gasteiger partial charge in [0.05, 0.1) is 27.5 Å². The zero-order valence-electron chi connectivity index (χ0n) is 13.6. The second-order valence-corrected chi connectivity index (χ2v) is 5.80. The van der Waals surface area contributed by atoms with Crippen molar-refractivity contribution in [1.82, 2.24) is 9.97 Å². The number of rotatable bonds is 4. The van der Waals surface area contributed by atoms with Crippen molar-refractivity contribution >= 4 is 34.8 Å². The molecule has 27 heavy (non-hydrogen) atoms. The van der Waals surface area contributed by atoms with Crippen LogP contribution in [0.3, 0.4) is 0 Å². The molecule has 3 rings (SSSR count). The van der Waals surface area contributed by atoms with Crippen molar-refractivity contribution in [3.63, 3.8) is 0 Å². The predicted molar refractivity (Wildman–Crippen MR) is 96.2 cm³/mol. The number of alkyl halides is 3. The maximum absolute atomic E-state index is 13.0. The van der Waals surface area contributed by atoms with Gasteiger partial charge in [0, 0.05) is 12.4 Å². The van der Waals surface area contributed by atoms with Gasteiger partial charge in [-0.05, 0) is 24.3 Å². The van der Waals surface area contributed by atoms with Crippen LogP contribution in [0.25, 0.3) is 0 Å². The van der Waals surface area contributed by atoms with Crippen LogP contribution in [-0.4, -0.2) is 15.9 Å². The van der Waals surface area contributed by atoms with Crippen molar-refractivity contribution in [2.75, 3.05) is 10.6 Å². The van der Waals surface area contributed by atoms with E-state index in [1.807, 2.05) is 0 Å². The third kappa shape index (κ3) is 4.53. The van der Waals surface area contributed by atoms with E-state index in [2.05, 4.69) is 20.6 Å². The average Bonchev–Trinajstić information content (AvgIpc) is 2.64. The SMILES string of the molecule is O=C(Nc1ccccc1Cl)c1cnc(Nc2ccccc2C(F)(F)F)nc1. The summed E-state index contributed by atoms with van der Waals surface area (Å²) < 4.78 is 39.0. The summed E-state index contributed by atoms with van der Waals surface area (Å²) in [6, 6.07) is 11.7. The molecule has 0 spiro atoms. The summed E-state index contributed by atoms with van der Waals surface area (Å²) in [5.41, 5.74) is -0.470. The van der Waals surface area contributed by atoms with Crippen LogP contribution >= 0.6 is 11.6 Å². The van der Waals surface area contributed by atoms with Crippen molar-refractivity contribution < 1.29 is 18.0 Å². The quantitative estimate of drug-likeness (QED) is 0.644. The Balaban J connectivity index is 1.75. The van der Waals surface area contributed by atoms with Crippen molar-refractivity contribution in [1.29, 1.82) is 0 Å². The standard InChI is InChI=1S/C18H12ClF3N4O/c19-13-6-2-4-8-15(13)25-16(27)11-9-23-17(24-10-11)26-14-7-3-1-5-12(14)18(20,21)22/h1-10H,(H,25,27)(H,23,24,26). The highest BCUT2D eigenvalue weighted by Crippen LogP contribution is 2.35. The molecule has 1 aromatic heterocycles. The summed E-state index contributed by atoms with van der Waals surface area (Å²) in [6.07, 6.45) is -2.10. The summed E-state index contributed by atoms with van der Waals surface area (Å²) in [5.74, 6) is -0.564. The number of aromatic nitrogens is 2. The van der Waals surface area contributed by atoms with E-state index in [0.29, 0.717) is 10.7 Å². The summed E-state index contributed by atoms with van der Waals surface area (Å²) in [7, 11) is 0. The Morgan fingerprint density at radius 3 is 2.15 bits per heavy atom. The monoisotopic (exact) mass is 392 g/mol. The second-order valence-electron chi connectivity index (χ2n) is 5.40. The molecule has 2 aromatic carbocycles. The molecular formula is C18H12ClF3N4O. The number of hydrogen-bond acceptors (Lipinski definition) is 4. The van der Waals surface area contributed by atoms with E-state index in [0.717, 1.165) is 6.07 Å². The van der Waals surface area contributed by atoms with Crippen molar-refractivity contribution in [3.05, 3.63) is 77.1 Å². The van der Waals surface area contributed by atoms with Gasteiger partial charge in [0.1, 0.15) is 0 Å². The predicted octanol–water partition coefficient (Wildman–Crippen LogP) is 5.14. The number of halogens is 4. The van der Waals surface area contributed by atoms with Crippen LogP contribution in [0.4, 0.5) is 30.5 Å². The van der Waals surface area contributed by atoms with Gasteiger partial charge in [-0.3, -0.25) is 4.79 Å². The Morgan fingerprint density at radius 1 is 0.926 bits per heavy atom. The van der Waals surface area contributed by atoms with E-state index in [1.54, 1.807) is 24.3 Å². The Hall–Kier alpha value is -3.13. The van der Waals surface area contributed by atoms with Crippen molar-refractivity contribution in [3.8, 4) is 0 Å². The molecule has 1 heterocycles. The Labute approximate surface area is 157 Å². The molecule has 0 aliphatic rings. The van der Waals surface area contributed by atoms with Gasteiger partial charge in [0.2, 0.25) is 5.95 Å². The van der Waals surface area contributed by atoms with Crippen molar-refractivity contribution in [2.24, 2.45) is 0 Å². The lowest BCUT2D eigenvalue weighted by Gasteiger charge is -2.13. The van der Waals surface area contributed by atoms with Gasteiger partial charge in [-0.25, -0.2) is 9.97 Å². The van der Waals surface area contributed by atoms with Crippen LogP contribution in [0.5, 0.6) is 0 Å². The molecular weight excluding hydrogens is 381 g/mol. The number of carbonyl (C=O) groups excluding carboxylic acids is 1. The number of anilines is 3. The fourth-order valence-electron chi connectivity index (χ4n) is 2.23. The number of nitrogens with one attached hydrogen (secondary N) is 2. The smallest absolute Gasteiger partial charge is 0.324 e. The molecule has 0 aliphatic carbocycles. The van der Waals surface area contributed by atoms with Gasteiger partial charge in [-0.2, -0.15) is 13.2 Å². The van der Waals surface area contributed by atoms with E-state index in [4.69, 9.17) is 11.6 Å². The normalized spacial score (nSPS) is 11.1. The molecule has 2 N–H and O–H groups in total. The minimum Gasteiger partial charge on any atom is -0.324 e. The number of carbonyl (C=O) groups is 1. The highest BCUT2D eigenvalue weighted by atomic mass is 35.5. The Bertz CT molecular complexity index is 961. The van der Waals surface area contributed by atoms with Gasteiger partial charge < -0.3 is 10.6 Å². The lowest BCUT2D eigenvalue weighted by atomic mass is 10.1. The lowest BCUT2D eigenvalue weighted by molar-refractivity contribution is -0.136. The highest BCUT2D eigenvalue weighted by molar-refractivity contribution is 6.33. The van der Waals surface area contributed by atoms with E-state index in [-0.39, 0.29) is 17.2 Å². The molecule has 0 aliphatic heterocycles. The third-order valence-electron chi connectivity index (χ3n) is 3.52. The molecule has 0 bridgehead atoms. The van der Waals surface area contributed by atoms with Gasteiger partial charge >= 0.3 is 6.18 Å². The number of nitrogens with zero attached hydrogens (tertiary/aromatic N) is 2. The first-order chi connectivity index (χ1) is 12.8. The summed E-state index contributed by atoms with van der Waals surface area (Å²) in [6.45, 7) is 0. The average molecular weight is 393 g/mol. The first-order valence-corrected chi connectivity index (χ1v) is 8.03. The van der Waals surface area contributed by atoms with E-state index in [1.165, 1.54) is 30.6 Å². The Kier molecular flexibility index (Phi) is 5.27. The van der Waals surface area contributed by atoms with Crippen molar-refractivity contribution in [2.45, 2.75) is 6.18 Å². The molecule has 0 fully saturated rings. The van der Waals surface area contributed by atoms with Gasteiger partial charge in [0.25, 0.3) is 5.91 Å². The maximum Gasteiger partial charge on any atom is 0.418 e. The van der Waals surface area contributed by atoms with E-state index < -0.39 is 17.6 Å². The minimum absolute atomic E-state index is 0.0685. The molecule has 0 saturated heterocycles. The fraction of sp³-hybridized carbons (Fsp3) is 0.0556. The Morgan fingerprint density at radius 2 is 1.52 bits per heavy atom. The number of hydrogen-bond donors (Lipinski definition) is 2. The third-order valence-corrected chi connectivity index (χ3v) is 3.84. The molecule has 0 atom stereocenters.